The van der Waals surface area contributed by atoms with E-state index in [1.807, 2.05) is 6.26 Å². The van der Waals surface area contributed by atoms with E-state index in [9.17, 15) is 9.59 Å². The molecule has 131 valence electrons. The van der Waals surface area contributed by atoms with E-state index in [1.54, 1.807) is 11.8 Å². The fourth-order valence-electron chi connectivity index (χ4n) is 2.36. The number of rotatable bonds is 15. The van der Waals surface area contributed by atoms with Crippen LogP contribution >= 0.6 is 11.8 Å². The normalized spacial score (nSPS) is 11.6. The van der Waals surface area contributed by atoms with Crippen LogP contribution in [0.25, 0.3) is 0 Å². The minimum Gasteiger partial charge on any atom is -0.480 e. The zero-order valence-electron chi connectivity index (χ0n) is 15.2. The zero-order chi connectivity index (χ0) is 16.6. The molecule has 0 bridgehead atoms. The van der Waals surface area contributed by atoms with Crippen LogP contribution in [0.5, 0.6) is 0 Å². The average molecular weight is 355 g/mol. The summed E-state index contributed by atoms with van der Waals surface area (Å²) >= 11 is 1.59. The molecule has 0 aromatic rings. The Morgan fingerprint density at radius 2 is 1.52 bits per heavy atom. The minimum absolute atomic E-state index is 0. The van der Waals surface area contributed by atoms with E-state index < -0.39 is 12.0 Å². The smallest absolute Gasteiger partial charge is 0.326 e. The first-order valence-corrected chi connectivity index (χ1v) is 10.0. The second kappa shape index (κ2) is 18.6. The summed E-state index contributed by atoms with van der Waals surface area (Å²) in [5.74, 6) is -0.319. The second-order valence-electron chi connectivity index (χ2n) is 5.82. The van der Waals surface area contributed by atoms with Crippen molar-refractivity contribution in [3.63, 3.8) is 0 Å². The predicted octanol–water partition coefficient (Wildman–Crippen LogP) is 3.85. The number of hydrogen-bond donors (Lipinski definition) is 2. The molecule has 2 N–H and O–H groups in total. The summed E-state index contributed by atoms with van der Waals surface area (Å²) in [6.45, 7) is 2.22. The number of amides is 1. The molecule has 0 aromatic carbocycles. The molecule has 0 heterocycles. The van der Waals surface area contributed by atoms with E-state index in [4.69, 9.17) is 5.11 Å². The number of carbonyl (C=O) groups excluding carboxylic acids is 1. The Morgan fingerprint density at radius 3 is 2.00 bits per heavy atom. The number of aliphatic carboxylic acids is 1. The molecular weight excluding hydrogens is 321 g/mol. The molecule has 0 aliphatic heterocycles. The summed E-state index contributed by atoms with van der Waals surface area (Å²) in [4.78, 5) is 22.8. The van der Waals surface area contributed by atoms with Crippen molar-refractivity contribution < 1.29 is 14.7 Å². The molecule has 0 unspecified atom stereocenters. The molecule has 0 saturated carbocycles. The van der Waals surface area contributed by atoms with Crippen molar-refractivity contribution >= 4 is 53.2 Å². The van der Waals surface area contributed by atoms with Gasteiger partial charge in [-0.3, -0.25) is 4.79 Å². The number of hydrogen-bond acceptors (Lipinski definition) is 3. The molecule has 0 aliphatic rings. The molecule has 0 rings (SSSR count). The van der Waals surface area contributed by atoms with Gasteiger partial charge in [-0.25, -0.2) is 4.79 Å². The van der Waals surface area contributed by atoms with Gasteiger partial charge in [-0.15, -0.1) is 0 Å². The summed E-state index contributed by atoms with van der Waals surface area (Å²) in [6.07, 6.45) is 13.8. The molecule has 0 spiro atoms. The summed E-state index contributed by atoms with van der Waals surface area (Å²) in [6, 6.07) is -0.737. The second-order valence-corrected chi connectivity index (χ2v) is 6.80. The molecule has 1 radical (unpaired) electrons. The first kappa shape index (κ1) is 25.5. The fraction of sp³-hybridized carbons (Fsp3) is 0.882. The monoisotopic (exact) mass is 354 g/mol. The third kappa shape index (κ3) is 16.9. The number of carboxylic acid groups (broad SMARTS) is 1. The average Bonchev–Trinajstić information content (AvgIpc) is 2.49. The van der Waals surface area contributed by atoms with Crippen molar-refractivity contribution in [1.82, 2.24) is 5.32 Å². The fourth-order valence-corrected chi connectivity index (χ4v) is 2.83. The summed E-state index contributed by atoms with van der Waals surface area (Å²) in [5.41, 5.74) is 0. The SMILES string of the molecule is CCCCCCCCCCCC(=O)N[C@@H](CCSC)C(=O)O.[Na]. The number of thioether (sulfide) groups is 1. The van der Waals surface area contributed by atoms with Crippen molar-refractivity contribution in [3.05, 3.63) is 0 Å². The Morgan fingerprint density at radius 1 is 1.00 bits per heavy atom. The Bertz CT molecular complexity index is 304. The van der Waals surface area contributed by atoms with Crippen molar-refractivity contribution in [2.45, 2.75) is 83.6 Å². The molecular formula is C17H33NNaO3S. The van der Waals surface area contributed by atoms with E-state index >= 15 is 0 Å². The molecule has 6 heteroatoms. The maximum absolute atomic E-state index is 11.7. The van der Waals surface area contributed by atoms with Gasteiger partial charge in [0.15, 0.2) is 0 Å². The van der Waals surface area contributed by atoms with E-state index in [1.165, 1.54) is 44.9 Å². The van der Waals surface area contributed by atoms with Crippen molar-refractivity contribution in [2.75, 3.05) is 12.0 Å². The van der Waals surface area contributed by atoms with Gasteiger partial charge in [-0.05, 0) is 24.9 Å². The van der Waals surface area contributed by atoms with Gasteiger partial charge in [0.1, 0.15) is 6.04 Å². The van der Waals surface area contributed by atoms with Crippen LogP contribution in [-0.4, -0.2) is 64.6 Å². The first-order chi connectivity index (χ1) is 10.6. The van der Waals surface area contributed by atoms with Gasteiger partial charge >= 0.3 is 5.97 Å². The minimum atomic E-state index is -0.936. The Balaban J connectivity index is 0. The maximum atomic E-state index is 11.7. The predicted molar refractivity (Wildman–Crippen MR) is 100 cm³/mol. The van der Waals surface area contributed by atoms with Crippen LogP contribution in [0.4, 0.5) is 0 Å². The largest absolute Gasteiger partial charge is 0.480 e. The van der Waals surface area contributed by atoms with Crippen LogP contribution in [-0.2, 0) is 9.59 Å². The summed E-state index contributed by atoms with van der Waals surface area (Å²) in [7, 11) is 0. The van der Waals surface area contributed by atoms with Crippen LogP contribution in [0.3, 0.4) is 0 Å². The van der Waals surface area contributed by atoms with Gasteiger partial charge in [0.25, 0.3) is 0 Å². The Hall–Kier alpha value is 0.290. The molecule has 1 amide bonds. The van der Waals surface area contributed by atoms with Crippen LogP contribution in [0.1, 0.15) is 77.6 Å². The van der Waals surface area contributed by atoms with Crippen molar-refractivity contribution in [1.29, 1.82) is 0 Å². The molecule has 23 heavy (non-hydrogen) atoms. The molecule has 0 aliphatic carbocycles. The van der Waals surface area contributed by atoms with Gasteiger partial charge in [-0.1, -0.05) is 58.3 Å². The van der Waals surface area contributed by atoms with Crippen molar-refractivity contribution in [2.24, 2.45) is 0 Å². The van der Waals surface area contributed by atoms with Gasteiger partial charge in [-0.2, -0.15) is 11.8 Å². The van der Waals surface area contributed by atoms with Gasteiger partial charge in [0.2, 0.25) is 5.91 Å². The Labute approximate surface area is 168 Å². The molecule has 0 fully saturated rings. The topological polar surface area (TPSA) is 66.4 Å². The van der Waals surface area contributed by atoms with Crippen LogP contribution in [0.2, 0.25) is 0 Å². The van der Waals surface area contributed by atoms with E-state index in [2.05, 4.69) is 12.2 Å². The number of nitrogens with one attached hydrogen (secondary N) is 1. The molecule has 0 aromatic heterocycles. The maximum Gasteiger partial charge on any atom is 0.326 e. The molecule has 1 atom stereocenters. The van der Waals surface area contributed by atoms with Gasteiger partial charge < -0.3 is 10.4 Å². The summed E-state index contributed by atoms with van der Waals surface area (Å²) in [5, 5.41) is 11.7. The first-order valence-electron chi connectivity index (χ1n) is 8.63. The number of carboxylic acids is 1. The van der Waals surface area contributed by atoms with Gasteiger partial charge in [0.05, 0.1) is 0 Å². The zero-order valence-corrected chi connectivity index (χ0v) is 18.1. The number of unbranched alkanes of at least 4 members (excludes halogenated alkanes) is 8. The standard InChI is InChI=1S/C17H33NO3S.Na/c1-3-4-5-6-7-8-9-10-11-12-16(19)18-15(17(20)21)13-14-22-2;/h15H,3-14H2,1-2H3,(H,18,19)(H,20,21);/t15-;/m0./s1. The van der Waals surface area contributed by atoms with Crippen LogP contribution in [0.15, 0.2) is 0 Å². The van der Waals surface area contributed by atoms with E-state index in [0.29, 0.717) is 12.8 Å². The van der Waals surface area contributed by atoms with Crippen molar-refractivity contribution in [3.8, 4) is 0 Å². The van der Waals surface area contributed by atoms with E-state index in [-0.39, 0.29) is 35.5 Å². The van der Waals surface area contributed by atoms with Crippen LogP contribution in [0, 0.1) is 0 Å². The van der Waals surface area contributed by atoms with Gasteiger partial charge in [0, 0.05) is 36.0 Å². The number of carbonyl (C=O) groups is 2. The Kier molecular flexibility index (Phi) is 20.7. The third-order valence-corrected chi connectivity index (χ3v) is 4.40. The summed E-state index contributed by atoms with van der Waals surface area (Å²) < 4.78 is 0. The quantitative estimate of drug-likeness (QED) is 0.346. The van der Waals surface area contributed by atoms with Crippen LogP contribution < -0.4 is 5.32 Å². The molecule has 4 nitrogen and oxygen atoms in total. The van der Waals surface area contributed by atoms with E-state index in [0.717, 1.165) is 18.6 Å². The third-order valence-electron chi connectivity index (χ3n) is 3.75. The molecule has 0 saturated heterocycles.